The first-order chi connectivity index (χ1) is 11.8. The molecule has 1 aliphatic heterocycles. The van der Waals surface area contributed by atoms with Crippen LogP contribution in [0.25, 0.3) is 0 Å². The van der Waals surface area contributed by atoms with Gasteiger partial charge in [0.15, 0.2) is 5.69 Å². The number of rotatable bonds is 7. The molecule has 1 aromatic heterocycles. The van der Waals surface area contributed by atoms with Crippen LogP contribution in [0.5, 0.6) is 11.5 Å². The Morgan fingerprint density at radius 2 is 1.83 bits per heavy atom. The second-order valence-corrected chi connectivity index (χ2v) is 5.80. The van der Waals surface area contributed by atoms with E-state index in [0.29, 0.717) is 12.3 Å². The maximum Gasteiger partial charge on any atom is 0.162 e. The van der Waals surface area contributed by atoms with Gasteiger partial charge in [-0.3, -0.25) is 9.58 Å². The van der Waals surface area contributed by atoms with Crippen molar-refractivity contribution in [3.8, 4) is 17.6 Å². The highest BCUT2D eigenvalue weighted by Gasteiger charge is 2.18. The minimum absolute atomic E-state index is 0.494. The van der Waals surface area contributed by atoms with Crippen molar-refractivity contribution in [1.29, 1.82) is 5.26 Å². The lowest BCUT2D eigenvalue weighted by Crippen LogP contribution is -2.36. The van der Waals surface area contributed by atoms with Gasteiger partial charge in [0.2, 0.25) is 0 Å². The molecule has 0 bridgehead atoms. The van der Waals surface area contributed by atoms with Crippen molar-refractivity contribution < 1.29 is 9.47 Å². The van der Waals surface area contributed by atoms with Crippen LogP contribution in [0.15, 0.2) is 30.3 Å². The molecule has 0 amide bonds. The first kappa shape index (κ1) is 16.3. The van der Waals surface area contributed by atoms with Crippen LogP contribution in [-0.4, -0.2) is 41.0 Å². The van der Waals surface area contributed by atoms with Crippen molar-refractivity contribution in [2.24, 2.45) is 0 Å². The molecule has 1 aliphatic rings. The Hall–Kier alpha value is -2.52. The van der Waals surface area contributed by atoms with Crippen molar-refractivity contribution in [2.75, 3.05) is 26.3 Å². The topological polar surface area (TPSA) is 63.3 Å². The van der Waals surface area contributed by atoms with Gasteiger partial charge in [0.05, 0.1) is 18.8 Å². The van der Waals surface area contributed by atoms with E-state index in [9.17, 15) is 0 Å². The maximum atomic E-state index is 8.92. The third kappa shape index (κ3) is 4.06. The largest absolute Gasteiger partial charge is 0.494 e. The van der Waals surface area contributed by atoms with Gasteiger partial charge in [-0.15, -0.1) is 0 Å². The molecule has 0 N–H and O–H groups in total. The Balaban J connectivity index is 1.44. The number of hydrogen-bond donors (Lipinski definition) is 0. The Morgan fingerprint density at radius 1 is 1.12 bits per heavy atom. The Bertz CT molecular complexity index is 703. The van der Waals surface area contributed by atoms with E-state index in [-0.39, 0.29) is 0 Å². The quantitative estimate of drug-likeness (QED) is 0.782. The zero-order chi connectivity index (χ0) is 16.8. The summed E-state index contributed by atoms with van der Waals surface area (Å²) < 4.78 is 13.3. The first-order valence-corrected chi connectivity index (χ1v) is 8.33. The number of fused-ring (bicyclic) bond motifs is 1. The molecule has 0 radical (unpaired) electrons. The minimum atomic E-state index is 0.494. The summed E-state index contributed by atoms with van der Waals surface area (Å²) in [5.41, 5.74) is 1.59. The van der Waals surface area contributed by atoms with Crippen LogP contribution in [0, 0.1) is 11.3 Å². The SMILES string of the molecule is CCCOc1ccc(OCCN2CCn3nc(C#N)cc3C2)cc1. The van der Waals surface area contributed by atoms with Crippen molar-refractivity contribution in [3.05, 3.63) is 41.7 Å². The van der Waals surface area contributed by atoms with E-state index < -0.39 is 0 Å². The van der Waals surface area contributed by atoms with Crippen LogP contribution in [-0.2, 0) is 13.1 Å². The van der Waals surface area contributed by atoms with E-state index in [1.807, 2.05) is 35.0 Å². The molecule has 0 saturated heterocycles. The number of benzene rings is 1. The first-order valence-electron chi connectivity index (χ1n) is 8.33. The van der Waals surface area contributed by atoms with E-state index in [4.69, 9.17) is 14.7 Å². The standard InChI is InChI=1S/C18H22N4O2/c1-2-10-23-17-3-5-18(6-4-17)24-11-9-21-7-8-22-16(14-21)12-15(13-19)20-22/h3-6,12H,2,7-11,14H2,1H3. The van der Waals surface area contributed by atoms with Gasteiger partial charge < -0.3 is 9.47 Å². The molecule has 0 atom stereocenters. The van der Waals surface area contributed by atoms with Crippen LogP contribution in [0.4, 0.5) is 0 Å². The molecule has 24 heavy (non-hydrogen) atoms. The van der Waals surface area contributed by atoms with Crippen LogP contribution in [0.3, 0.4) is 0 Å². The van der Waals surface area contributed by atoms with Gasteiger partial charge in [-0.25, -0.2) is 0 Å². The minimum Gasteiger partial charge on any atom is -0.494 e. The number of ether oxygens (including phenoxy) is 2. The molecular formula is C18H22N4O2. The summed E-state index contributed by atoms with van der Waals surface area (Å²) in [5.74, 6) is 1.73. The van der Waals surface area contributed by atoms with Crippen molar-refractivity contribution in [1.82, 2.24) is 14.7 Å². The fraction of sp³-hybridized carbons (Fsp3) is 0.444. The molecule has 2 heterocycles. The van der Waals surface area contributed by atoms with E-state index in [1.54, 1.807) is 0 Å². The molecule has 3 rings (SSSR count). The molecule has 0 saturated carbocycles. The smallest absolute Gasteiger partial charge is 0.162 e. The third-order valence-electron chi connectivity index (χ3n) is 3.96. The monoisotopic (exact) mass is 326 g/mol. The van der Waals surface area contributed by atoms with Crippen molar-refractivity contribution in [3.63, 3.8) is 0 Å². The summed E-state index contributed by atoms with van der Waals surface area (Å²) in [7, 11) is 0. The van der Waals surface area contributed by atoms with Gasteiger partial charge in [0, 0.05) is 19.6 Å². The lowest BCUT2D eigenvalue weighted by molar-refractivity contribution is 0.172. The van der Waals surface area contributed by atoms with Crippen molar-refractivity contribution >= 4 is 0 Å². The predicted octanol–water partition coefficient (Wildman–Crippen LogP) is 2.44. The van der Waals surface area contributed by atoms with Crippen LogP contribution >= 0.6 is 0 Å². The van der Waals surface area contributed by atoms with Crippen LogP contribution < -0.4 is 9.47 Å². The second-order valence-electron chi connectivity index (χ2n) is 5.80. The van der Waals surface area contributed by atoms with E-state index in [2.05, 4.69) is 23.0 Å². The molecule has 1 aromatic carbocycles. The normalized spacial score (nSPS) is 14.0. The maximum absolute atomic E-state index is 8.92. The zero-order valence-electron chi connectivity index (χ0n) is 13.9. The van der Waals surface area contributed by atoms with Crippen LogP contribution in [0.1, 0.15) is 24.7 Å². The van der Waals surface area contributed by atoms with Gasteiger partial charge in [0.1, 0.15) is 24.2 Å². The van der Waals surface area contributed by atoms with E-state index >= 15 is 0 Å². The molecule has 6 nitrogen and oxygen atoms in total. The molecule has 6 heteroatoms. The average molecular weight is 326 g/mol. The molecular weight excluding hydrogens is 304 g/mol. The highest BCUT2D eigenvalue weighted by Crippen LogP contribution is 2.18. The van der Waals surface area contributed by atoms with Crippen LogP contribution in [0.2, 0.25) is 0 Å². The van der Waals surface area contributed by atoms with E-state index in [0.717, 1.165) is 56.4 Å². The lowest BCUT2D eigenvalue weighted by Gasteiger charge is -2.27. The summed E-state index contributed by atoms with van der Waals surface area (Å²) in [6, 6.07) is 11.7. The highest BCUT2D eigenvalue weighted by atomic mass is 16.5. The van der Waals surface area contributed by atoms with Gasteiger partial charge in [-0.05, 0) is 36.8 Å². The fourth-order valence-corrected chi connectivity index (χ4v) is 2.71. The molecule has 126 valence electrons. The Labute approximate surface area is 142 Å². The summed E-state index contributed by atoms with van der Waals surface area (Å²) in [5, 5.41) is 13.2. The molecule has 0 spiro atoms. The van der Waals surface area contributed by atoms with Gasteiger partial charge in [-0.2, -0.15) is 10.4 Å². The predicted molar refractivity (Wildman–Crippen MR) is 89.9 cm³/mol. The summed E-state index contributed by atoms with van der Waals surface area (Å²) in [6.07, 6.45) is 1.00. The second kappa shape index (κ2) is 7.84. The number of hydrogen-bond acceptors (Lipinski definition) is 5. The Morgan fingerprint density at radius 3 is 2.50 bits per heavy atom. The lowest BCUT2D eigenvalue weighted by atomic mass is 10.3. The molecule has 2 aromatic rings. The Kier molecular flexibility index (Phi) is 5.34. The fourth-order valence-electron chi connectivity index (χ4n) is 2.71. The molecule has 0 fully saturated rings. The third-order valence-corrected chi connectivity index (χ3v) is 3.96. The van der Waals surface area contributed by atoms with Gasteiger partial charge >= 0.3 is 0 Å². The summed E-state index contributed by atoms with van der Waals surface area (Å²) in [6.45, 7) is 6.86. The summed E-state index contributed by atoms with van der Waals surface area (Å²) in [4.78, 5) is 2.32. The average Bonchev–Trinajstić information content (AvgIpc) is 3.03. The number of aromatic nitrogens is 2. The summed E-state index contributed by atoms with van der Waals surface area (Å²) >= 11 is 0. The van der Waals surface area contributed by atoms with Gasteiger partial charge in [-0.1, -0.05) is 6.92 Å². The highest BCUT2D eigenvalue weighted by molar-refractivity contribution is 5.31. The molecule has 0 aliphatic carbocycles. The molecule has 0 unspecified atom stereocenters. The van der Waals surface area contributed by atoms with E-state index in [1.165, 1.54) is 0 Å². The number of nitrogens with zero attached hydrogens (tertiary/aromatic N) is 4. The van der Waals surface area contributed by atoms with Gasteiger partial charge in [0.25, 0.3) is 0 Å². The zero-order valence-corrected chi connectivity index (χ0v) is 13.9. The number of nitriles is 1. The van der Waals surface area contributed by atoms with Crippen molar-refractivity contribution in [2.45, 2.75) is 26.4 Å².